The van der Waals surface area contributed by atoms with E-state index in [1.165, 1.54) is 89.9 Å². The number of hydrogen-bond donors (Lipinski definition) is 2. The third-order valence-electron chi connectivity index (χ3n) is 14.3. The number of ether oxygens (including phenoxy) is 2. The first kappa shape index (κ1) is 84.1. The van der Waals surface area contributed by atoms with E-state index in [0.717, 1.165) is 148 Å². The molecule has 0 aliphatic carbocycles. The van der Waals surface area contributed by atoms with Crippen molar-refractivity contribution in [3.05, 3.63) is 182 Å². The normalized spacial score (nSPS) is 14.1. The molecule has 0 fully saturated rings. The molecule has 0 radical (unpaired) electrons. The Morgan fingerprint density at radius 2 is 0.584 bits per heavy atom. The van der Waals surface area contributed by atoms with Crippen molar-refractivity contribution in [2.24, 2.45) is 5.73 Å². The third kappa shape index (κ3) is 72.1. The fourth-order valence-corrected chi connectivity index (χ4v) is 9.93. The summed E-state index contributed by atoms with van der Waals surface area (Å²) < 4.78 is 33.2. The number of esters is 2. The minimum Gasteiger partial charge on any atom is -0.462 e. The lowest BCUT2D eigenvalue weighted by Crippen LogP contribution is -2.29. The molecule has 3 N–H and O–H groups in total. The van der Waals surface area contributed by atoms with Crippen molar-refractivity contribution in [3.63, 3.8) is 0 Å². The van der Waals surface area contributed by atoms with E-state index in [1.54, 1.807) is 0 Å². The first-order chi connectivity index (χ1) is 43.8. The van der Waals surface area contributed by atoms with Gasteiger partial charge in [0.1, 0.15) is 6.61 Å². The summed E-state index contributed by atoms with van der Waals surface area (Å²) in [5.41, 5.74) is 5.40. The minimum atomic E-state index is -4.41. The highest BCUT2D eigenvalue weighted by Crippen LogP contribution is 2.43. The van der Waals surface area contributed by atoms with Gasteiger partial charge in [-0.3, -0.25) is 18.6 Å². The number of phosphoric ester groups is 1. The Kier molecular flexibility index (Phi) is 68.2. The van der Waals surface area contributed by atoms with Gasteiger partial charge in [-0.1, -0.05) is 305 Å². The Morgan fingerprint density at radius 1 is 0.337 bits per heavy atom. The highest BCUT2D eigenvalue weighted by atomic mass is 31.2. The maximum atomic E-state index is 12.8. The van der Waals surface area contributed by atoms with Gasteiger partial charge >= 0.3 is 19.8 Å². The molecule has 0 amide bonds. The Labute approximate surface area is 545 Å². The molecule has 0 aromatic heterocycles. The van der Waals surface area contributed by atoms with Gasteiger partial charge in [0.25, 0.3) is 0 Å². The van der Waals surface area contributed by atoms with E-state index in [1.807, 2.05) is 0 Å². The maximum Gasteiger partial charge on any atom is 0.472 e. The van der Waals surface area contributed by atoms with Crippen LogP contribution < -0.4 is 5.73 Å². The second-order valence-electron chi connectivity index (χ2n) is 22.6. The van der Waals surface area contributed by atoms with Crippen LogP contribution in [0.5, 0.6) is 0 Å². The predicted octanol–water partition coefficient (Wildman–Crippen LogP) is 23.5. The summed E-state index contributed by atoms with van der Waals surface area (Å²) in [4.78, 5) is 35.4. The molecule has 2 unspecified atom stereocenters. The predicted molar refractivity (Wildman–Crippen MR) is 385 cm³/mol. The van der Waals surface area contributed by atoms with E-state index < -0.39 is 32.5 Å². The van der Waals surface area contributed by atoms with Crippen molar-refractivity contribution in [2.75, 3.05) is 26.4 Å². The fourth-order valence-electron chi connectivity index (χ4n) is 9.16. The highest BCUT2D eigenvalue weighted by molar-refractivity contribution is 7.47. The second kappa shape index (κ2) is 72.2. The Bertz CT molecular complexity index is 2110. The summed E-state index contributed by atoms with van der Waals surface area (Å²) in [6.45, 7) is 3.49. The molecule has 0 aromatic rings. The molecule has 2 atom stereocenters. The van der Waals surface area contributed by atoms with Crippen molar-refractivity contribution >= 4 is 19.8 Å². The van der Waals surface area contributed by atoms with Crippen LogP contribution in [-0.4, -0.2) is 49.3 Å². The average molecular weight is 1250 g/mol. The van der Waals surface area contributed by atoms with Crippen molar-refractivity contribution in [3.8, 4) is 0 Å². The molecule has 9 nitrogen and oxygen atoms in total. The number of hydrogen-bond acceptors (Lipinski definition) is 8. The zero-order valence-electron chi connectivity index (χ0n) is 56.3. The second-order valence-corrected chi connectivity index (χ2v) is 24.1. The van der Waals surface area contributed by atoms with Gasteiger partial charge < -0.3 is 20.1 Å². The van der Waals surface area contributed by atoms with Crippen LogP contribution >= 0.6 is 7.82 Å². The molecule has 0 heterocycles. The van der Waals surface area contributed by atoms with Gasteiger partial charge in [0.15, 0.2) is 6.10 Å². The zero-order valence-corrected chi connectivity index (χ0v) is 57.2. The third-order valence-corrected chi connectivity index (χ3v) is 15.3. The van der Waals surface area contributed by atoms with E-state index in [4.69, 9.17) is 24.3 Å². The van der Waals surface area contributed by atoms with E-state index >= 15 is 0 Å². The van der Waals surface area contributed by atoms with Crippen molar-refractivity contribution < 1.29 is 37.6 Å². The van der Waals surface area contributed by atoms with Crippen LogP contribution in [0.3, 0.4) is 0 Å². The number of rotatable bonds is 64. The lowest BCUT2D eigenvalue weighted by Gasteiger charge is -2.19. The highest BCUT2D eigenvalue weighted by Gasteiger charge is 2.26. The molecule has 0 aliphatic rings. The first-order valence-electron chi connectivity index (χ1n) is 35.3. The van der Waals surface area contributed by atoms with Crippen LogP contribution in [-0.2, 0) is 32.7 Å². The molecule has 0 aromatic carbocycles. The van der Waals surface area contributed by atoms with Crippen LogP contribution in [0.15, 0.2) is 182 Å². The van der Waals surface area contributed by atoms with Crippen LogP contribution in [0, 0.1) is 0 Å². The monoisotopic (exact) mass is 1250 g/mol. The lowest BCUT2D eigenvalue weighted by molar-refractivity contribution is -0.161. The van der Waals surface area contributed by atoms with Crippen LogP contribution in [0.1, 0.15) is 271 Å². The van der Waals surface area contributed by atoms with Gasteiger partial charge in [-0.15, -0.1) is 0 Å². The summed E-state index contributed by atoms with van der Waals surface area (Å²) in [6.07, 6.45) is 108. The Balaban J connectivity index is 3.98. The molecule has 10 heteroatoms. The van der Waals surface area contributed by atoms with Gasteiger partial charge in [-0.25, -0.2) is 4.57 Å². The molecule has 502 valence electrons. The average Bonchev–Trinajstić information content (AvgIpc) is 3.58. The zero-order chi connectivity index (χ0) is 64.4. The fraction of sp³-hybridized carbons (Fsp3) is 0.595. The smallest absolute Gasteiger partial charge is 0.462 e. The molecule has 0 aliphatic heterocycles. The Hall–Kier alpha value is -4.89. The molecule has 0 spiro atoms. The number of phosphoric acid groups is 1. The van der Waals surface area contributed by atoms with E-state index in [2.05, 4.69) is 196 Å². The Morgan fingerprint density at radius 3 is 0.865 bits per heavy atom. The standard InChI is InChI=1S/C79H128NO8P/c1-3-5-7-9-11-13-15-17-19-21-23-25-27-29-31-33-35-37-38-40-41-43-45-47-49-51-53-55-57-59-61-63-65-67-69-71-78(81)85-75-77(76-87-89(83,84)86-74-73-80)88-79(82)72-70-68-66-64-62-60-58-56-54-52-50-48-46-44-42-39-36-34-32-30-28-26-24-22-20-18-16-14-12-10-8-6-4-2/h5-8,11-14,17-20,23-26,29-32,35-37,39,44,46,50,52,56,58,77H,3-4,9-10,15-16,21-22,27-28,33-34,38,40-43,45,47-49,51,53-55,57,59-76,80H2,1-2H3,(H,83,84)/b7-5-,8-6-,13-11-,14-12-,19-17-,20-18-,25-23-,26-24-,31-29-,32-30-,37-35-,39-36-,46-44-,52-50-,58-56-. The van der Waals surface area contributed by atoms with Gasteiger partial charge in [0, 0.05) is 19.4 Å². The van der Waals surface area contributed by atoms with Crippen molar-refractivity contribution in [2.45, 2.75) is 277 Å². The van der Waals surface area contributed by atoms with Gasteiger partial charge in [-0.2, -0.15) is 0 Å². The number of carbonyl (C=O) groups excluding carboxylic acids is 2. The van der Waals surface area contributed by atoms with Gasteiger partial charge in [0.2, 0.25) is 0 Å². The van der Waals surface area contributed by atoms with Crippen molar-refractivity contribution in [1.82, 2.24) is 0 Å². The summed E-state index contributed by atoms with van der Waals surface area (Å²) in [5, 5.41) is 0. The van der Waals surface area contributed by atoms with Crippen LogP contribution in [0.2, 0.25) is 0 Å². The number of unbranched alkanes of at least 4 members (excludes halogenated alkanes) is 21. The summed E-state index contributed by atoms with van der Waals surface area (Å²) in [6, 6.07) is 0. The molecule has 89 heavy (non-hydrogen) atoms. The molecule has 0 bridgehead atoms. The van der Waals surface area contributed by atoms with Crippen LogP contribution in [0.25, 0.3) is 0 Å². The molecule has 0 saturated heterocycles. The number of carbonyl (C=O) groups is 2. The number of nitrogens with two attached hydrogens (primary N) is 1. The van der Waals surface area contributed by atoms with E-state index in [9.17, 15) is 19.0 Å². The quantitative estimate of drug-likeness (QED) is 0.0264. The maximum absolute atomic E-state index is 12.8. The van der Waals surface area contributed by atoms with Crippen LogP contribution in [0.4, 0.5) is 0 Å². The molecular formula is C79H128NO8P. The topological polar surface area (TPSA) is 134 Å². The summed E-state index contributed by atoms with van der Waals surface area (Å²) in [5.74, 6) is -0.857. The minimum absolute atomic E-state index is 0.0413. The molecular weight excluding hydrogens is 1120 g/mol. The van der Waals surface area contributed by atoms with Gasteiger partial charge in [0.05, 0.1) is 13.2 Å². The largest absolute Gasteiger partial charge is 0.472 e. The summed E-state index contributed by atoms with van der Waals surface area (Å²) >= 11 is 0. The summed E-state index contributed by atoms with van der Waals surface area (Å²) in [7, 11) is -4.41. The number of allylic oxidation sites excluding steroid dienone is 30. The van der Waals surface area contributed by atoms with E-state index in [-0.39, 0.29) is 32.6 Å². The van der Waals surface area contributed by atoms with E-state index in [0.29, 0.717) is 6.42 Å². The first-order valence-corrected chi connectivity index (χ1v) is 36.8. The van der Waals surface area contributed by atoms with Crippen molar-refractivity contribution in [1.29, 1.82) is 0 Å². The SMILES string of the molecule is CC/C=C\C/C=C\C/C=C\C/C=C\C/C=C\C/C=C\C/C=C\C/C=C\C/C=C\CCCCCCCC(=O)OC(COC(=O)CCCCCCCCCCCCCCCCCC/C=C\C/C=C\C/C=C\C/C=C\C/C=C\C/C=C\CC)COP(=O)(O)OCCN. The van der Waals surface area contributed by atoms with Gasteiger partial charge in [-0.05, 0) is 135 Å². The lowest BCUT2D eigenvalue weighted by atomic mass is 10.0. The molecule has 0 rings (SSSR count). The molecule has 0 saturated carbocycles.